The van der Waals surface area contributed by atoms with E-state index in [1.807, 2.05) is 7.05 Å². The van der Waals surface area contributed by atoms with E-state index in [-0.39, 0.29) is 5.91 Å². The Labute approximate surface area is 142 Å². The summed E-state index contributed by atoms with van der Waals surface area (Å²) in [5.41, 5.74) is 8.80. The van der Waals surface area contributed by atoms with Crippen molar-refractivity contribution in [1.29, 1.82) is 0 Å². The molecule has 4 N–H and O–H groups in total. The Morgan fingerprint density at radius 2 is 1.58 bits per heavy atom. The fraction of sp³-hybridized carbons (Fsp3) is 0.263. The first kappa shape index (κ1) is 17.7. The van der Waals surface area contributed by atoms with Gasteiger partial charge in [-0.3, -0.25) is 9.59 Å². The van der Waals surface area contributed by atoms with Gasteiger partial charge >= 0.3 is 0 Å². The zero-order chi connectivity index (χ0) is 17.5. The maximum atomic E-state index is 12.1. The minimum absolute atomic E-state index is 0.0653. The highest BCUT2D eigenvalue weighted by Gasteiger charge is 2.11. The minimum Gasteiger partial charge on any atom is -0.366 e. The van der Waals surface area contributed by atoms with Gasteiger partial charge < -0.3 is 16.0 Å². The van der Waals surface area contributed by atoms with Crippen LogP contribution in [0.3, 0.4) is 0 Å². The maximum Gasteiger partial charge on any atom is 0.279 e. The predicted molar refractivity (Wildman–Crippen MR) is 94.9 cm³/mol. The molecular weight excluding hydrogens is 302 g/mol. The number of aryl methyl sites for hydroxylation is 1. The Kier molecular flexibility index (Phi) is 6.09. The summed E-state index contributed by atoms with van der Waals surface area (Å²) >= 11 is 0. The number of anilines is 1. The summed E-state index contributed by atoms with van der Waals surface area (Å²) in [5.74, 6) is -0.546. The zero-order valence-electron chi connectivity index (χ0n) is 14.1. The van der Waals surface area contributed by atoms with E-state index >= 15 is 0 Å². The van der Waals surface area contributed by atoms with Gasteiger partial charge in [0, 0.05) is 16.8 Å². The van der Waals surface area contributed by atoms with Gasteiger partial charge in [0.15, 0.2) is 6.54 Å². The Morgan fingerprint density at radius 3 is 2.12 bits per heavy atom. The van der Waals surface area contributed by atoms with Crippen LogP contribution < -0.4 is 16.0 Å². The molecule has 2 aromatic carbocycles. The maximum absolute atomic E-state index is 12.1. The van der Waals surface area contributed by atoms with Crippen LogP contribution in [0.1, 0.15) is 28.4 Å². The molecule has 126 valence electrons. The molecule has 0 aliphatic heterocycles. The number of rotatable bonds is 7. The number of carbonyl (C=O) groups is 2. The van der Waals surface area contributed by atoms with Crippen LogP contribution >= 0.6 is 0 Å². The summed E-state index contributed by atoms with van der Waals surface area (Å²) in [6, 6.07) is 15.0. The van der Waals surface area contributed by atoms with Crippen LogP contribution in [0.15, 0.2) is 48.5 Å². The number of nitrogens with one attached hydrogen (secondary N) is 2. The lowest BCUT2D eigenvalue weighted by atomic mass is 10.1. The number of benzene rings is 2. The number of hydrogen-bond acceptors (Lipinski definition) is 2. The van der Waals surface area contributed by atoms with Gasteiger partial charge in [-0.1, -0.05) is 31.2 Å². The number of hydrogen-bond donors (Lipinski definition) is 3. The van der Waals surface area contributed by atoms with Gasteiger partial charge in [0.25, 0.3) is 5.91 Å². The normalized spacial score (nSPS) is 11.8. The lowest BCUT2D eigenvalue weighted by Gasteiger charge is -2.14. The molecule has 0 aromatic heterocycles. The second kappa shape index (κ2) is 8.26. The van der Waals surface area contributed by atoms with E-state index in [1.165, 1.54) is 11.1 Å². The summed E-state index contributed by atoms with van der Waals surface area (Å²) in [6.07, 6.45) is 1.03. The minimum atomic E-state index is -0.480. The molecule has 1 atom stereocenters. The molecule has 0 aliphatic rings. The van der Waals surface area contributed by atoms with Gasteiger partial charge in [0.05, 0.1) is 7.05 Å². The summed E-state index contributed by atoms with van der Waals surface area (Å²) in [7, 11) is 1.99. The largest absolute Gasteiger partial charge is 0.366 e. The fourth-order valence-corrected chi connectivity index (χ4v) is 2.50. The fourth-order valence-electron chi connectivity index (χ4n) is 2.50. The van der Waals surface area contributed by atoms with E-state index in [9.17, 15) is 9.59 Å². The van der Waals surface area contributed by atoms with E-state index in [4.69, 9.17) is 5.73 Å². The van der Waals surface area contributed by atoms with Crippen molar-refractivity contribution in [3.63, 3.8) is 0 Å². The van der Waals surface area contributed by atoms with Gasteiger partial charge in [0.1, 0.15) is 6.54 Å². The molecule has 0 radical (unpaired) electrons. The van der Waals surface area contributed by atoms with Gasteiger partial charge in [0.2, 0.25) is 5.91 Å². The Balaban J connectivity index is 1.85. The van der Waals surface area contributed by atoms with Gasteiger partial charge in [-0.25, -0.2) is 0 Å². The van der Waals surface area contributed by atoms with Crippen LogP contribution in [-0.2, 0) is 17.8 Å². The second-order valence-corrected chi connectivity index (χ2v) is 5.97. The Hall–Kier alpha value is -2.66. The van der Waals surface area contributed by atoms with Gasteiger partial charge in [-0.15, -0.1) is 0 Å². The average molecular weight is 326 g/mol. The van der Waals surface area contributed by atoms with E-state index in [1.54, 1.807) is 24.3 Å². The second-order valence-electron chi connectivity index (χ2n) is 5.97. The van der Waals surface area contributed by atoms with Crippen molar-refractivity contribution in [2.75, 3.05) is 18.9 Å². The van der Waals surface area contributed by atoms with E-state index in [0.29, 0.717) is 17.8 Å². The van der Waals surface area contributed by atoms with Gasteiger partial charge in [-0.05, 0) is 36.2 Å². The molecule has 0 aliphatic carbocycles. The summed E-state index contributed by atoms with van der Waals surface area (Å²) in [6.45, 7) is 3.29. The zero-order valence-corrected chi connectivity index (χ0v) is 14.1. The van der Waals surface area contributed by atoms with Crippen molar-refractivity contribution >= 4 is 17.5 Å². The van der Waals surface area contributed by atoms with Crippen molar-refractivity contribution in [1.82, 2.24) is 0 Å². The summed E-state index contributed by atoms with van der Waals surface area (Å²) in [4.78, 5) is 24.2. The van der Waals surface area contributed by atoms with Crippen LogP contribution in [0, 0.1) is 0 Å². The van der Waals surface area contributed by atoms with E-state index in [2.05, 4.69) is 36.5 Å². The quantitative estimate of drug-likeness (QED) is 0.710. The number of amides is 2. The van der Waals surface area contributed by atoms with Crippen molar-refractivity contribution in [2.24, 2.45) is 5.73 Å². The monoisotopic (exact) mass is 326 g/mol. The van der Waals surface area contributed by atoms with Crippen molar-refractivity contribution < 1.29 is 14.5 Å². The van der Waals surface area contributed by atoms with Crippen LogP contribution in [0.2, 0.25) is 0 Å². The lowest BCUT2D eigenvalue weighted by Crippen LogP contribution is -3.08. The van der Waals surface area contributed by atoms with Crippen LogP contribution in [0.4, 0.5) is 5.69 Å². The highest BCUT2D eigenvalue weighted by Crippen LogP contribution is 2.08. The van der Waals surface area contributed by atoms with Crippen LogP contribution in [0.5, 0.6) is 0 Å². The molecule has 2 rings (SSSR count). The Bertz CT molecular complexity index is 694. The van der Waals surface area contributed by atoms with Crippen molar-refractivity contribution in [2.45, 2.75) is 19.9 Å². The number of carbonyl (C=O) groups excluding carboxylic acids is 2. The number of nitrogens with two attached hydrogens (primary N) is 1. The van der Waals surface area contributed by atoms with Crippen molar-refractivity contribution in [3.05, 3.63) is 65.2 Å². The molecule has 0 bridgehead atoms. The first-order valence-corrected chi connectivity index (χ1v) is 8.06. The molecule has 5 nitrogen and oxygen atoms in total. The first-order valence-electron chi connectivity index (χ1n) is 8.06. The standard InChI is InChI=1S/C19H23N3O2/c1-3-14-4-6-15(7-5-14)12-22(2)13-18(23)21-17-10-8-16(9-11-17)19(20)24/h4-11H,3,12-13H2,1-2H3,(H2,20,24)(H,21,23)/p+1. The van der Waals surface area contributed by atoms with E-state index in [0.717, 1.165) is 17.9 Å². The third-order valence-electron chi connectivity index (χ3n) is 3.85. The SMILES string of the molecule is CCc1ccc(C[NH+](C)CC(=O)Nc2ccc(C(N)=O)cc2)cc1. The molecule has 1 unspecified atom stereocenters. The summed E-state index contributed by atoms with van der Waals surface area (Å²) < 4.78 is 0. The number of primary amides is 1. The topological polar surface area (TPSA) is 76.6 Å². The smallest absolute Gasteiger partial charge is 0.279 e. The Morgan fingerprint density at radius 1 is 1.00 bits per heavy atom. The molecule has 5 heteroatoms. The van der Waals surface area contributed by atoms with Crippen LogP contribution in [-0.4, -0.2) is 25.4 Å². The molecular formula is C19H24N3O2+. The van der Waals surface area contributed by atoms with Crippen LogP contribution in [0.25, 0.3) is 0 Å². The third-order valence-corrected chi connectivity index (χ3v) is 3.85. The number of likely N-dealkylation sites (N-methyl/N-ethyl adjacent to an activating group) is 1. The molecule has 2 aromatic rings. The van der Waals surface area contributed by atoms with E-state index < -0.39 is 5.91 Å². The van der Waals surface area contributed by atoms with Gasteiger partial charge in [-0.2, -0.15) is 0 Å². The highest BCUT2D eigenvalue weighted by molar-refractivity contribution is 5.95. The molecule has 0 saturated carbocycles. The molecule has 0 fully saturated rings. The average Bonchev–Trinajstić information content (AvgIpc) is 2.55. The lowest BCUT2D eigenvalue weighted by molar-refractivity contribution is -0.885. The number of quaternary nitrogens is 1. The third kappa shape index (κ3) is 5.21. The molecule has 0 heterocycles. The predicted octanol–water partition coefficient (Wildman–Crippen LogP) is 1.00. The molecule has 0 spiro atoms. The molecule has 2 amide bonds. The van der Waals surface area contributed by atoms with Crippen molar-refractivity contribution in [3.8, 4) is 0 Å². The summed E-state index contributed by atoms with van der Waals surface area (Å²) in [5, 5.41) is 2.83. The highest BCUT2D eigenvalue weighted by atomic mass is 16.2. The molecule has 0 saturated heterocycles. The first-order chi connectivity index (χ1) is 11.5. The molecule has 24 heavy (non-hydrogen) atoms.